The summed E-state index contributed by atoms with van der Waals surface area (Å²) in [6, 6.07) is 6.58. The number of carbonyl (C=O) groups is 1. The van der Waals surface area contributed by atoms with Crippen molar-refractivity contribution in [2.45, 2.75) is 31.9 Å². The van der Waals surface area contributed by atoms with E-state index < -0.39 is 12.1 Å². The molecule has 18 heavy (non-hydrogen) atoms. The van der Waals surface area contributed by atoms with Crippen LogP contribution in [0, 0.1) is 6.92 Å². The highest BCUT2D eigenvalue weighted by molar-refractivity contribution is 5.82. The molecule has 1 saturated heterocycles. The van der Waals surface area contributed by atoms with Gasteiger partial charge in [0.05, 0.1) is 0 Å². The minimum atomic E-state index is -0.932. The van der Waals surface area contributed by atoms with E-state index in [9.17, 15) is 9.90 Å². The van der Waals surface area contributed by atoms with Crippen LogP contribution < -0.4 is 5.73 Å². The maximum Gasteiger partial charge on any atom is 0.242 e. The SMILES string of the molecule is Cc1ccc([C@H](O)[C@H](N)C(=O)N2CCCC2)cc1. The van der Waals surface area contributed by atoms with E-state index in [0.717, 1.165) is 31.5 Å². The predicted octanol–water partition coefficient (Wildman–Crippen LogP) is 0.978. The Bertz CT molecular complexity index is 410. The molecule has 2 rings (SSSR count). The molecule has 0 spiro atoms. The normalized spacial score (nSPS) is 18.7. The van der Waals surface area contributed by atoms with Gasteiger partial charge in [-0.3, -0.25) is 4.79 Å². The van der Waals surface area contributed by atoms with Crippen molar-refractivity contribution in [3.8, 4) is 0 Å². The molecule has 0 bridgehead atoms. The van der Waals surface area contributed by atoms with Crippen molar-refractivity contribution >= 4 is 5.91 Å². The second-order valence-corrected chi connectivity index (χ2v) is 4.91. The standard InChI is InChI=1S/C14H20N2O2/c1-10-4-6-11(7-5-10)13(17)12(15)14(18)16-8-2-3-9-16/h4-7,12-13,17H,2-3,8-9,15H2,1H3/t12-,13-/m0/s1. The third-order valence-electron chi connectivity index (χ3n) is 3.46. The smallest absolute Gasteiger partial charge is 0.242 e. The lowest BCUT2D eigenvalue weighted by atomic mass is 10.0. The predicted molar refractivity (Wildman–Crippen MR) is 69.9 cm³/mol. The zero-order valence-corrected chi connectivity index (χ0v) is 10.7. The lowest BCUT2D eigenvalue weighted by Gasteiger charge is -2.24. The van der Waals surface area contributed by atoms with Crippen LogP contribution in [-0.4, -0.2) is 35.0 Å². The van der Waals surface area contributed by atoms with Gasteiger partial charge in [-0.15, -0.1) is 0 Å². The number of aryl methyl sites for hydroxylation is 1. The fourth-order valence-corrected chi connectivity index (χ4v) is 2.25. The van der Waals surface area contributed by atoms with Gasteiger partial charge in [0.2, 0.25) is 5.91 Å². The van der Waals surface area contributed by atoms with Crippen molar-refractivity contribution in [1.29, 1.82) is 0 Å². The van der Waals surface area contributed by atoms with Crippen LogP contribution in [0.1, 0.15) is 30.1 Å². The van der Waals surface area contributed by atoms with Crippen molar-refractivity contribution in [1.82, 2.24) is 4.90 Å². The number of hydrogen-bond acceptors (Lipinski definition) is 3. The number of rotatable bonds is 3. The second-order valence-electron chi connectivity index (χ2n) is 4.91. The molecule has 1 aromatic carbocycles. The summed E-state index contributed by atoms with van der Waals surface area (Å²) in [7, 11) is 0. The van der Waals surface area contributed by atoms with Gasteiger partial charge in [0, 0.05) is 13.1 Å². The largest absolute Gasteiger partial charge is 0.386 e. The van der Waals surface area contributed by atoms with Crippen LogP contribution in [-0.2, 0) is 4.79 Å². The Morgan fingerprint density at radius 2 is 1.83 bits per heavy atom. The number of benzene rings is 1. The summed E-state index contributed by atoms with van der Waals surface area (Å²) in [6.45, 7) is 3.49. The van der Waals surface area contributed by atoms with E-state index in [4.69, 9.17) is 5.73 Å². The van der Waals surface area contributed by atoms with E-state index >= 15 is 0 Å². The minimum Gasteiger partial charge on any atom is -0.386 e. The number of hydrogen-bond donors (Lipinski definition) is 2. The first-order chi connectivity index (χ1) is 8.59. The Balaban J connectivity index is 2.05. The molecule has 0 saturated carbocycles. The van der Waals surface area contributed by atoms with E-state index in [1.165, 1.54) is 0 Å². The van der Waals surface area contributed by atoms with Gasteiger partial charge >= 0.3 is 0 Å². The number of aliphatic hydroxyl groups excluding tert-OH is 1. The van der Waals surface area contributed by atoms with Crippen LogP contribution in [0.5, 0.6) is 0 Å². The Labute approximate surface area is 107 Å². The highest BCUT2D eigenvalue weighted by Gasteiger charge is 2.29. The topological polar surface area (TPSA) is 66.6 Å². The zero-order valence-electron chi connectivity index (χ0n) is 10.7. The lowest BCUT2D eigenvalue weighted by Crippen LogP contribution is -2.45. The summed E-state index contributed by atoms with van der Waals surface area (Å²) in [5.41, 5.74) is 7.68. The first-order valence-electron chi connectivity index (χ1n) is 6.38. The Kier molecular flexibility index (Phi) is 3.99. The number of nitrogens with two attached hydrogens (primary N) is 1. The summed E-state index contributed by atoms with van der Waals surface area (Å²) in [4.78, 5) is 13.8. The molecule has 1 aliphatic rings. The molecule has 1 amide bonds. The third kappa shape index (κ3) is 2.71. The van der Waals surface area contributed by atoms with Crippen LogP contribution in [0.25, 0.3) is 0 Å². The van der Waals surface area contributed by atoms with Gasteiger partial charge in [0.15, 0.2) is 0 Å². The molecular weight excluding hydrogens is 228 g/mol. The maximum absolute atomic E-state index is 12.1. The van der Waals surface area contributed by atoms with Crippen LogP contribution in [0.4, 0.5) is 0 Å². The summed E-state index contributed by atoms with van der Waals surface area (Å²) in [5.74, 6) is -0.152. The Morgan fingerprint density at radius 1 is 1.28 bits per heavy atom. The molecule has 2 atom stereocenters. The minimum absolute atomic E-state index is 0.152. The number of carbonyl (C=O) groups excluding carboxylic acids is 1. The molecule has 1 heterocycles. The van der Waals surface area contributed by atoms with Crippen molar-refractivity contribution in [2.75, 3.05) is 13.1 Å². The van der Waals surface area contributed by atoms with Crippen LogP contribution in [0.2, 0.25) is 0 Å². The van der Waals surface area contributed by atoms with E-state index in [1.807, 2.05) is 31.2 Å². The first kappa shape index (κ1) is 13.1. The van der Waals surface area contributed by atoms with Crippen molar-refractivity contribution in [2.24, 2.45) is 5.73 Å². The molecule has 1 fully saturated rings. The summed E-state index contributed by atoms with van der Waals surface area (Å²) in [6.07, 6.45) is 1.12. The third-order valence-corrected chi connectivity index (χ3v) is 3.46. The van der Waals surface area contributed by atoms with Crippen molar-refractivity contribution in [3.63, 3.8) is 0 Å². The lowest BCUT2D eigenvalue weighted by molar-refractivity contribution is -0.134. The Morgan fingerprint density at radius 3 is 2.39 bits per heavy atom. The second kappa shape index (κ2) is 5.50. The summed E-state index contributed by atoms with van der Waals surface area (Å²) in [5, 5.41) is 10.1. The molecule has 0 aliphatic carbocycles. The van der Waals surface area contributed by atoms with Crippen LogP contribution in [0.3, 0.4) is 0 Å². The van der Waals surface area contributed by atoms with E-state index in [1.54, 1.807) is 4.90 Å². The van der Waals surface area contributed by atoms with Crippen LogP contribution in [0.15, 0.2) is 24.3 Å². The molecule has 1 aliphatic heterocycles. The Hall–Kier alpha value is -1.39. The van der Waals surface area contributed by atoms with Gasteiger partial charge in [0.25, 0.3) is 0 Å². The zero-order chi connectivity index (χ0) is 13.1. The van der Waals surface area contributed by atoms with Gasteiger partial charge in [-0.25, -0.2) is 0 Å². The number of nitrogens with zero attached hydrogens (tertiary/aromatic N) is 1. The quantitative estimate of drug-likeness (QED) is 0.838. The number of aliphatic hydroxyl groups is 1. The van der Waals surface area contributed by atoms with Gasteiger partial charge < -0.3 is 15.7 Å². The molecule has 4 nitrogen and oxygen atoms in total. The van der Waals surface area contributed by atoms with Gasteiger partial charge in [-0.1, -0.05) is 29.8 Å². The summed E-state index contributed by atoms with van der Waals surface area (Å²) >= 11 is 0. The molecule has 4 heteroatoms. The highest BCUT2D eigenvalue weighted by atomic mass is 16.3. The molecule has 98 valence electrons. The molecule has 0 unspecified atom stereocenters. The fourth-order valence-electron chi connectivity index (χ4n) is 2.25. The molecular formula is C14H20N2O2. The number of likely N-dealkylation sites (tertiary alicyclic amines) is 1. The summed E-state index contributed by atoms with van der Waals surface area (Å²) < 4.78 is 0. The van der Waals surface area contributed by atoms with E-state index in [0.29, 0.717) is 5.56 Å². The number of amides is 1. The average molecular weight is 248 g/mol. The van der Waals surface area contributed by atoms with Gasteiger partial charge in [-0.05, 0) is 25.3 Å². The van der Waals surface area contributed by atoms with E-state index in [2.05, 4.69) is 0 Å². The first-order valence-corrected chi connectivity index (χ1v) is 6.38. The molecule has 0 radical (unpaired) electrons. The highest BCUT2D eigenvalue weighted by Crippen LogP contribution is 2.19. The molecule has 0 aromatic heterocycles. The molecule has 3 N–H and O–H groups in total. The maximum atomic E-state index is 12.1. The molecule has 1 aromatic rings. The van der Waals surface area contributed by atoms with Crippen molar-refractivity contribution in [3.05, 3.63) is 35.4 Å². The fraction of sp³-hybridized carbons (Fsp3) is 0.500. The van der Waals surface area contributed by atoms with E-state index in [-0.39, 0.29) is 5.91 Å². The average Bonchev–Trinajstić information content (AvgIpc) is 2.91. The van der Waals surface area contributed by atoms with Gasteiger partial charge in [0.1, 0.15) is 12.1 Å². The van der Waals surface area contributed by atoms with Crippen LogP contribution >= 0.6 is 0 Å². The van der Waals surface area contributed by atoms with Gasteiger partial charge in [-0.2, -0.15) is 0 Å². The monoisotopic (exact) mass is 248 g/mol. The van der Waals surface area contributed by atoms with Crippen molar-refractivity contribution < 1.29 is 9.90 Å².